The van der Waals surface area contributed by atoms with E-state index >= 15 is 0 Å². The van der Waals surface area contributed by atoms with Crippen molar-refractivity contribution in [3.8, 4) is 11.5 Å². The molecule has 0 atom stereocenters. The number of hydrogen-bond acceptors (Lipinski definition) is 3. The lowest BCUT2D eigenvalue weighted by Gasteiger charge is -2.28. The summed E-state index contributed by atoms with van der Waals surface area (Å²) >= 11 is 0. The molecule has 1 aromatic carbocycles. The van der Waals surface area contributed by atoms with E-state index in [9.17, 15) is 4.79 Å². The van der Waals surface area contributed by atoms with Gasteiger partial charge in [0.15, 0.2) is 11.5 Å². The number of benzene rings is 1. The molecule has 1 amide bonds. The summed E-state index contributed by atoms with van der Waals surface area (Å²) in [5.41, 5.74) is 2.44. The van der Waals surface area contributed by atoms with E-state index in [4.69, 9.17) is 9.47 Å². The predicted molar refractivity (Wildman–Crippen MR) is 57.4 cm³/mol. The molecule has 1 aromatic rings. The summed E-state index contributed by atoms with van der Waals surface area (Å²) in [6.07, 6.45) is 0.894. The summed E-state index contributed by atoms with van der Waals surface area (Å²) in [7, 11) is 0. The van der Waals surface area contributed by atoms with Crippen molar-refractivity contribution in [2.24, 2.45) is 0 Å². The Balaban J connectivity index is 1.96. The van der Waals surface area contributed by atoms with Gasteiger partial charge in [-0.1, -0.05) is 0 Å². The first-order chi connectivity index (χ1) is 7.74. The van der Waals surface area contributed by atoms with Crippen molar-refractivity contribution < 1.29 is 14.3 Å². The fourth-order valence-corrected chi connectivity index (χ4v) is 2.21. The zero-order valence-corrected chi connectivity index (χ0v) is 9.16. The minimum Gasteiger partial charge on any atom is -0.454 e. The number of hydrogen-bond donors (Lipinski definition) is 0. The smallest absolute Gasteiger partial charge is 0.231 e. The van der Waals surface area contributed by atoms with Gasteiger partial charge in [0.2, 0.25) is 12.7 Å². The topological polar surface area (TPSA) is 38.8 Å². The number of carbonyl (C=O) groups excluding carboxylic acids is 1. The molecular formula is C12H13NO3. The Morgan fingerprint density at radius 1 is 1.25 bits per heavy atom. The number of fused-ring (bicyclic) bond motifs is 2. The monoisotopic (exact) mass is 219 g/mol. The van der Waals surface area contributed by atoms with Gasteiger partial charge in [-0.2, -0.15) is 0 Å². The first-order valence-corrected chi connectivity index (χ1v) is 5.41. The van der Waals surface area contributed by atoms with Gasteiger partial charge in [-0.05, 0) is 29.7 Å². The summed E-state index contributed by atoms with van der Waals surface area (Å²) in [6.45, 7) is 3.38. The van der Waals surface area contributed by atoms with Crippen molar-refractivity contribution in [1.82, 2.24) is 4.90 Å². The predicted octanol–water partition coefficient (Wildman–Crippen LogP) is 1.32. The SMILES string of the molecule is CC(=O)N1CCc2cc3c(cc2C1)OCO3. The molecule has 0 spiro atoms. The molecule has 3 rings (SSSR count). The van der Waals surface area contributed by atoms with Crippen LogP contribution >= 0.6 is 0 Å². The number of ether oxygens (including phenoxy) is 2. The lowest BCUT2D eigenvalue weighted by Crippen LogP contribution is -2.34. The van der Waals surface area contributed by atoms with Crippen LogP contribution in [0.3, 0.4) is 0 Å². The first-order valence-electron chi connectivity index (χ1n) is 5.41. The Morgan fingerprint density at radius 3 is 2.62 bits per heavy atom. The van der Waals surface area contributed by atoms with Crippen molar-refractivity contribution in [1.29, 1.82) is 0 Å². The van der Waals surface area contributed by atoms with Crippen LogP contribution in [0, 0.1) is 0 Å². The zero-order valence-electron chi connectivity index (χ0n) is 9.16. The number of nitrogens with zero attached hydrogens (tertiary/aromatic N) is 1. The molecule has 0 saturated carbocycles. The summed E-state index contributed by atoms with van der Waals surface area (Å²) in [6, 6.07) is 4.03. The Labute approximate surface area is 93.8 Å². The molecule has 2 heterocycles. The highest BCUT2D eigenvalue weighted by Gasteiger charge is 2.22. The molecule has 0 aromatic heterocycles. The molecule has 0 saturated heterocycles. The maximum Gasteiger partial charge on any atom is 0.231 e. The van der Waals surface area contributed by atoms with Gasteiger partial charge in [0.1, 0.15) is 0 Å². The minimum absolute atomic E-state index is 0.128. The van der Waals surface area contributed by atoms with Crippen LogP contribution in [-0.4, -0.2) is 24.1 Å². The van der Waals surface area contributed by atoms with Gasteiger partial charge < -0.3 is 14.4 Å². The first kappa shape index (κ1) is 9.51. The lowest BCUT2D eigenvalue weighted by atomic mass is 9.99. The van der Waals surface area contributed by atoms with E-state index < -0.39 is 0 Å². The van der Waals surface area contributed by atoms with Gasteiger partial charge in [0.25, 0.3) is 0 Å². The molecule has 84 valence electrons. The molecule has 0 N–H and O–H groups in total. The summed E-state index contributed by atoms with van der Waals surface area (Å²) < 4.78 is 10.7. The quantitative estimate of drug-likeness (QED) is 0.660. The Morgan fingerprint density at radius 2 is 1.94 bits per heavy atom. The molecule has 0 radical (unpaired) electrons. The molecule has 0 fully saturated rings. The normalized spacial score (nSPS) is 17.2. The van der Waals surface area contributed by atoms with Crippen molar-refractivity contribution >= 4 is 5.91 Å². The highest BCUT2D eigenvalue weighted by atomic mass is 16.7. The lowest BCUT2D eigenvalue weighted by molar-refractivity contribution is -0.129. The van der Waals surface area contributed by atoms with Crippen molar-refractivity contribution in [3.05, 3.63) is 23.3 Å². The highest BCUT2D eigenvalue weighted by molar-refractivity contribution is 5.73. The van der Waals surface area contributed by atoms with E-state index in [1.165, 1.54) is 11.1 Å². The number of rotatable bonds is 0. The van der Waals surface area contributed by atoms with E-state index in [0.29, 0.717) is 13.3 Å². The molecule has 2 aliphatic heterocycles. The molecule has 4 nitrogen and oxygen atoms in total. The average Bonchev–Trinajstić information content (AvgIpc) is 2.71. The standard InChI is InChI=1S/C12H13NO3/c1-8(14)13-3-2-9-4-11-12(16-7-15-11)5-10(9)6-13/h4-5H,2-3,6-7H2,1H3. The fourth-order valence-electron chi connectivity index (χ4n) is 2.21. The van der Waals surface area contributed by atoms with Crippen LogP contribution in [0.5, 0.6) is 11.5 Å². The van der Waals surface area contributed by atoms with E-state index in [2.05, 4.69) is 0 Å². The van der Waals surface area contributed by atoms with Gasteiger partial charge in [0.05, 0.1) is 0 Å². The Bertz CT molecular complexity index is 456. The molecular weight excluding hydrogens is 206 g/mol. The number of amides is 1. The molecule has 0 bridgehead atoms. The fraction of sp³-hybridized carbons (Fsp3) is 0.417. The third-order valence-electron chi connectivity index (χ3n) is 3.15. The molecule has 2 aliphatic rings. The van der Waals surface area contributed by atoms with E-state index in [0.717, 1.165) is 24.5 Å². The van der Waals surface area contributed by atoms with Gasteiger partial charge in [-0.15, -0.1) is 0 Å². The average molecular weight is 219 g/mol. The van der Waals surface area contributed by atoms with Crippen LogP contribution in [0.15, 0.2) is 12.1 Å². The Hall–Kier alpha value is -1.71. The van der Waals surface area contributed by atoms with E-state index in [1.54, 1.807) is 6.92 Å². The van der Waals surface area contributed by atoms with Gasteiger partial charge in [0, 0.05) is 20.0 Å². The maximum absolute atomic E-state index is 11.3. The van der Waals surface area contributed by atoms with Crippen LogP contribution < -0.4 is 9.47 Å². The summed E-state index contributed by atoms with van der Waals surface area (Å²) in [5, 5.41) is 0. The molecule has 16 heavy (non-hydrogen) atoms. The van der Waals surface area contributed by atoms with Crippen LogP contribution in [0.4, 0.5) is 0 Å². The third kappa shape index (κ3) is 1.41. The van der Waals surface area contributed by atoms with E-state index in [-0.39, 0.29) is 5.91 Å². The van der Waals surface area contributed by atoms with Crippen LogP contribution in [-0.2, 0) is 17.8 Å². The number of carbonyl (C=O) groups is 1. The zero-order chi connectivity index (χ0) is 11.1. The van der Waals surface area contributed by atoms with Crippen LogP contribution in [0.1, 0.15) is 18.1 Å². The second-order valence-electron chi connectivity index (χ2n) is 4.16. The largest absolute Gasteiger partial charge is 0.454 e. The van der Waals surface area contributed by atoms with Gasteiger partial charge in [-0.3, -0.25) is 4.79 Å². The molecule has 0 unspecified atom stereocenters. The maximum atomic E-state index is 11.3. The van der Waals surface area contributed by atoms with Crippen molar-refractivity contribution in [2.45, 2.75) is 19.9 Å². The van der Waals surface area contributed by atoms with E-state index in [1.807, 2.05) is 17.0 Å². The van der Waals surface area contributed by atoms with Gasteiger partial charge >= 0.3 is 0 Å². The minimum atomic E-state index is 0.128. The summed E-state index contributed by atoms with van der Waals surface area (Å²) in [4.78, 5) is 13.2. The highest BCUT2D eigenvalue weighted by Crippen LogP contribution is 2.36. The second kappa shape index (κ2) is 3.40. The second-order valence-corrected chi connectivity index (χ2v) is 4.16. The van der Waals surface area contributed by atoms with Crippen molar-refractivity contribution in [3.63, 3.8) is 0 Å². The summed E-state index contributed by atoms with van der Waals surface area (Å²) in [5.74, 6) is 1.75. The van der Waals surface area contributed by atoms with Crippen LogP contribution in [0.25, 0.3) is 0 Å². The Kier molecular flexibility index (Phi) is 2.02. The molecule has 4 heteroatoms. The van der Waals surface area contributed by atoms with Crippen LogP contribution in [0.2, 0.25) is 0 Å². The van der Waals surface area contributed by atoms with Gasteiger partial charge in [-0.25, -0.2) is 0 Å². The third-order valence-corrected chi connectivity index (χ3v) is 3.15. The molecule has 0 aliphatic carbocycles. The van der Waals surface area contributed by atoms with Crippen molar-refractivity contribution in [2.75, 3.05) is 13.3 Å².